The van der Waals surface area contributed by atoms with Crippen molar-refractivity contribution in [2.24, 2.45) is 0 Å². The molecule has 0 aromatic heterocycles. The Hall–Kier alpha value is -1.76. The number of aliphatic carboxylic acids is 1. The van der Waals surface area contributed by atoms with Crippen LogP contribution in [0.1, 0.15) is 5.56 Å². The molecule has 0 heterocycles. The minimum Gasteiger partial charge on any atom is -0.474 e. The van der Waals surface area contributed by atoms with Gasteiger partial charge in [0.25, 0.3) is 0 Å². The summed E-state index contributed by atoms with van der Waals surface area (Å²) >= 11 is 5.33. The zero-order chi connectivity index (χ0) is 13.2. The summed E-state index contributed by atoms with van der Waals surface area (Å²) in [5, 5.41) is 9.51. The average molecular weight is 268 g/mol. The fourth-order valence-electron chi connectivity index (χ4n) is 1.00. The highest BCUT2D eigenvalue weighted by Gasteiger charge is 2.33. The van der Waals surface area contributed by atoms with Gasteiger partial charge in [0.05, 0.1) is 10.6 Å². The lowest BCUT2D eigenvalue weighted by Gasteiger charge is -2.10. The van der Waals surface area contributed by atoms with E-state index < -0.39 is 28.6 Å². The predicted octanol–water partition coefficient (Wildman–Crippen LogP) is 2.38. The minimum absolute atomic E-state index is 0.297. The fraction of sp³-hybridized carbons (Fsp3) is 0.111. The Bertz CT molecular complexity index is 473. The predicted molar refractivity (Wildman–Crippen MR) is 52.7 cm³/mol. The molecule has 0 radical (unpaired) electrons. The van der Waals surface area contributed by atoms with E-state index in [-0.39, 0.29) is 5.69 Å². The molecule has 0 aliphatic rings. The molecule has 0 saturated heterocycles. The number of hydrogen-bond acceptors (Lipinski definition) is 2. The van der Waals surface area contributed by atoms with E-state index in [4.69, 9.17) is 16.7 Å². The van der Waals surface area contributed by atoms with Gasteiger partial charge >= 0.3 is 18.1 Å². The molecular weight excluding hydrogens is 263 g/mol. The molecule has 1 rings (SSSR count). The van der Waals surface area contributed by atoms with Crippen molar-refractivity contribution >= 4 is 29.2 Å². The lowest BCUT2D eigenvalue weighted by Crippen LogP contribution is -2.22. The Morgan fingerprint density at radius 1 is 1.29 bits per heavy atom. The topological polar surface area (TPSA) is 66.4 Å². The molecule has 0 bridgehead atoms. The third-order valence-corrected chi connectivity index (χ3v) is 2.05. The summed E-state index contributed by atoms with van der Waals surface area (Å²) in [7, 11) is 0. The van der Waals surface area contributed by atoms with E-state index in [1.165, 1.54) is 0 Å². The van der Waals surface area contributed by atoms with Gasteiger partial charge in [-0.3, -0.25) is 4.79 Å². The third-order valence-electron chi connectivity index (χ3n) is 1.72. The van der Waals surface area contributed by atoms with Crippen LogP contribution >= 0.6 is 11.6 Å². The van der Waals surface area contributed by atoms with Crippen molar-refractivity contribution in [2.75, 3.05) is 5.32 Å². The molecule has 2 N–H and O–H groups in total. The van der Waals surface area contributed by atoms with E-state index in [0.717, 1.165) is 12.1 Å². The molecule has 1 amide bonds. The van der Waals surface area contributed by atoms with Crippen LogP contribution in [0, 0.1) is 0 Å². The number of carboxylic acids is 1. The second-order valence-electron chi connectivity index (χ2n) is 2.95. The van der Waals surface area contributed by atoms with Gasteiger partial charge in [0.1, 0.15) is 0 Å². The maximum absolute atomic E-state index is 12.4. The summed E-state index contributed by atoms with van der Waals surface area (Å²) in [5.74, 6) is -3.23. The number of anilines is 1. The molecule has 0 atom stereocenters. The molecule has 1 aromatic carbocycles. The average Bonchev–Trinajstić information content (AvgIpc) is 2.19. The lowest BCUT2D eigenvalue weighted by atomic mass is 10.2. The van der Waals surface area contributed by atoms with Crippen LogP contribution in [0.15, 0.2) is 18.2 Å². The highest BCUT2D eigenvalue weighted by atomic mass is 35.5. The first-order valence-electron chi connectivity index (χ1n) is 4.13. The van der Waals surface area contributed by atoms with Crippen LogP contribution in [0.2, 0.25) is 5.02 Å². The minimum atomic E-state index is -4.68. The van der Waals surface area contributed by atoms with Crippen LogP contribution in [-0.4, -0.2) is 17.0 Å². The highest BCUT2D eigenvalue weighted by Crippen LogP contribution is 2.36. The Kier molecular flexibility index (Phi) is 3.62. The Labute approximate surface area is 98.0 Å². The zero-order valence-corrected chi connectivity index (χ0v) is 8.76. The van der Waals surface area contributed by atoms with Gasteiger partial charge < -0.3 is 10.4 Å². The zero-order valence-electron chi connectivity index (χ0n) is 8.01. The van der Waals surface area contributed by atoms with Gasteiger partial charge in [-0.2, -0.15) is 13.2 Å². The van der Waals surface area contributed by atoms with Crippen LogP contribution in [-0.2, 0) is 15.8 Å². The molecule has 0 fully saturated rings. The van der Waals surface area contributed by atoms with Gasteiger partial charge in [0, 0.05) is 5.69 Å². The SMILES string of the molecule is O=C(O)C(=O)Nc1ccc(Cl)c(C(F)(F)F)c1. The van der Waals surface area contributed by atoms with Crippen molar-refractivity contribution in [3.8, 4) is 0 Å². The standard InChI is InChI=1S/C9H5ClF3NO3/c10-6-2-1-4(14-7(15)8(16)17)3-5(6)9(11,12)13/h1-3H,(H,14,15)(H,16,17). The Balaban J connectivity index is 3.05. The van der Waals surface area contributed by atoms with E-state index in [9.17, 15) is 22.8 Å². The summed E-state index contributed by atoms with van der Waals surface area (Å²) in [6.45, 7) is 0. The van der Waals surface area contributed by atoms with E-state index >= 15 is 0 Å². The lowest BCUT2D eigenvalue weighted by molar-refractivity contribution is -0.147. The van der Waals surface area contributed by atoms with Gasteiger partial charge in [0.2, 0.25) is 0 Å². The summed E-state index contributed by atoms with van der Waals surface area (Å²) in [6.07, 6.45) is -4.68. The van der Waals surface area contributed by atoms with Crippen molar-refractivity contribution in [1.29, 1.82) is 0 Å². The van der Waals surface area contributed by atoms with Crippen molar-refractivity contribution < 1.29 is 27.9 Å². The van der Waals surface area contributed by atoms with Crippen molar-refractivity contribution in [3.63, 3.8) is 0 Å². The molecule has 0 aliphatic carbocycles. The van der Waals surface area contributed by atoms with Crippen molar-refractivity contribution in [3.05, 3.63) is 28.8 Å². The third kappa shape index (κ3) is 3.35. The maximum Gasteiger partial charge on any atom is 0.417 e. The number of amides is 1. The molecule has 0 aliphatic heterocycles. The van der Waals surface area contributed by atoms with E-state index in [1.807, 2.05) is 0 Å². The number of hydrogen-bond donors (Lipinski definition) is 2. The van der Waals surface area contributed by atoms with Crippen LogP contribution < -0.4 is 5.32 Å². The smallest absolute Gasteiger partial charge is 0.417 e. The monoisotopic (exact) mass is 267 g/mol. The Morgan fingerprint density at radius 3 is 2.35 bits per heavy atom. The second-order valence-corrected chi connectivity index (χ2v) is 3.36. The molecule has 1 aromatic rings. The normalized spacial score (nSPS) is 11.1. The van der Waals surface area contributed by atoms with Crippen molar-refractivity contribution in [2.45, 2.75) is 6.18 Å². The van der Waals surface area contributed by atoms with Crippen LogP contribution in [0.4, 0.5) is 18.9 Å². The van der Waals surface area contributed by atoms with E-state index in [0.29, 0.717) is 6.07 Å². The van der Waals surface area contributed by atoms with Crippen molar-refractivity contribution in [1.82, 2.24) is 0 Å². The molecule has 4 nitrogen and oxygen atoms in total. The summed E-state index contributed by atoms with van der Waals surface area (Å²) in [6, 6.07) is 2.55. The quantitative estimate of drug-likeness (QED) is 0.768. The van der Waals surface area contributed by atoms with Gasteiger partial charge in [-0.05, 0) is 18.2 Å². The molecule has 0 saturated carbocycles. The second kappa shape index (κ2) is 4.62. The molecule has 0 spiro atoms. The molecule has 17 heavy (non-hydrogen) atoms. The fourth-order valence-corrected chi connectivity index (χ4v) is 1.23. The van der Waals surface area contributed by atoms with Gasteiger partial charge in [-0.15, -0.1) is 0 Å². The highest BCUT2D eigenvalue weighted by molar-refractivity contribution is 6.36. The number of carboxylic acid groups (broad SMARTS) is 1. The number of carbonyl (C=O) groups is 2. The van der Waals surface area contributed by atoms with Gasteiger partial charge in [-0.25, -0.2) is 4.79 Å². The summed E-state index contributed by atoms with van der Waals surface area (Å²) < 4.78 is 37.2. The number of rotatable bonds is 1. The first-order chi connectivity index (χ1) is 7.71. The van der Waals surface area contributed by atoms with Crippen LogP contribution in [0.25, 0.3) is 0 Å². The molecule has 0 unspecified atom stereocenters. The molecular formula is C9H5ClF3NO3. The summed E-state index contributed by atoms with van der Waals surface area (Å²) in [4.78, 5) is 20.9. The maximum atomic E-state index is 12.4. The van der Waals surface area contributed by atoms with Gasteiger partial charge in [-0.1, -0.05) is 11.6 Å². The van der Waals surface area contributed by atoms with E-state index in [2.05, 4.69) is 0 Å². The Morgan fingerprint density at radius 2 is 1.88 bits per heavy atom. The number of nitrogens with one attached hydrogen (secondary N) is 1. The molecule has 8 heteroatoms. The number of benzene rings is 1. The van der Waals surface area contributed by atoms with E-state index in [1.54, 1.807) is 5.32 Å². The number of halogens is 4. The first-order valence-corrected chi connectivity index (χ1v) is 4.50. The number of carbonyl (C=O) groups excluding carboxylic acids is 1. The molecule has 92 valence electrons. The van der Waals surface area contributed by atoms with Gasteiger partial charge in [0.15, 0.2) is 0 Å². The summed E-state index contributed by atoms with van der Waals surface area (Å²) in [5.41, 5.74) is -1.45. The number of alkyl halides is 3. The van der Waals surface area contributed by atoms with Crippen LogP contribution in [0.3, 0.4) is 0 Å². The van der Waals surface area contributed by atoms with Crippen LogP contribution in [0.5, 0.6) is 0 Å². The largest absolute Gasteiger partial charge is 0.474 e. The first kappa shape index (κ1) is 13.3.